The number of aryl methyl sites for hydroxylation is 1. The monoisotopic (exact) mass is 272 g/mol. The van der Waals surface area contributed by atoms with Crippen LogP contribution in [0, 0.1) is 6.92 Å². The lowest BCUT2D eigenvalue weighted by atomic mass is 10.2. The fraction of sp³-hybridized carbons (Fsp3) is 0.267. The second kappa shape index (κ2) is 5.05. The van der Waals surface area contributed by atoms with Crippen LogP contribution in [0.4, 0.5) is 5.82 Å². The zero-order valence-electron chi connectivity index (χ0n) is 11.0. The Bertz CT molecular complexity index is 686. The highest BCUT2D eigenvalue weighted by molar-refractivity contribution is 7.11. The molecule has 3 nitrogen and oxygen atoms in total. The third-order valence-electron chi connectivity index (χ3n) is 3.07. The number of thiophene rings is 1. The highest BCUT2D eigenvalue weighted by atomic mass is 32.1. The molecule has 3 aromatic heterocycles. The van der Waals surface area contributed by atoms with Gasteiger partial charge >= 0.3 is 0 Å². The van der Waals surface area contributed by atoms with Gasteiger partial charge in [0.05, 0.1) is 11.6 Å². The molecular weight excluding hydrogens is 256 g/mol. The molecule has 0 aliphatic heterocycles. The molecule has 3 aromatic rings. The molecule has 0 aliphatic carbocycles. The Balaban J connectivity index is 1.75. The molecule has 0 spiro atoms. The van der Waals surface area contributed by atoms with Gasteiger partial charge in [0.25, 0.3) is 0 Å². The largest absolute Gasteiger partial charge is 0.464 e. The molecule has 3 heterocycles. The van der Waals surface area contributed by atoms with E-state index in [9.17, 15) is 0 Å². The van der Waals surface area contributed by atoms with Crippen LogP contribution >= 0.6 is 11.3 Å². The molecule has 98 valence electrons. The van der Waals surface area contributed by atoms with E-state index in [2.05, 4.69) is 36.3 Å². The Hall–Kier alpha value is -1.81. The summed E-state index contributed by atoms with van der Waals surface area (Å²) >= 11 is 1.85. The zero-order valence-corrected chi connectivity index (χ0v) is 11.8. The molecular formula is C15H16N2OS. The van der Waals surface area contributed by atoms with Crippen LogP contribution in [0.1, 0.15) is 16.7 Å². The van der Waals surface area contributed by atoms with E-state index in [1.165, 1.54) is 9.75 Å². The summed E-state index contributed by atoms with van der Waals surface area (Å²) in [5, 5.41) is 4.50. The minimum atomic E-state index is 0.339. The van der Waals surface area contributed by atoms with Gasteiger partial charge in [-0.05, 0) is 38.1 Å². The van der Waals surface area contributed by atoms with Crippen LogP contribution in [0.15, 0.2) is 41.1 Å². The van der Waals surface area contributed by atoms with Crippen molar-refractivity contribution in [3.05, 3.63) is 46.5 Å². The third-order valence-corrected chi connectivity index (χ3v) is 4.09. The SMILES string of the molecule is Cc1ccc(CC(C)Nc2nccc3occc23)s1. The van der Waals surface area contributed by atoms with Crippen molar-refractivity contribution in [2.24, 2.45) is 0 Å². The van der Waals surface area contributed by atoms with Crippen molar-refractivity contribution in [3.8, 4) is 0 Å². The van der Waals surface area contributed by atoms with Crippen molar-refractivity contribution in [3.63, 3.8) is 0 Å². The number of furan rings is 1. The van der Waals surface area contributed by atoms with Crippen molar-refractivity contribution in [2.45, 2.75) is 26.3 Å². The van der Waals surface area contributed by atoms with E-state index in [-0.39, 0.29) is 0 Å². The smallest absolute Gasteiger partial charge is 0.139 e. The average Bonchev–Trinajstić information content (AvgIpc) is 2.98. The van der Waals surface area contributed by atoms with Crippen LogP contribution in [0.2, 0.25) is 0 Å². The molecule has 3 rings (SSSR count). The lowest BCUT2D eigenvalue weighted by Crippen LogP contribution is -2.18. The maximum Gasteiger partial charge on any atom is 0.139 e. The van der Waals surface area contributed by atoms with Gasteiger partial charge in [-0.25, -0.2) is 4.98 Å². The molecule has 0 radical (unpaired) electrons. The number of anilines is 1. The van der Waals surface area contributed by atoms with Gasteiger partial charge in [0.1, 0.15) is 11.4 Å². The van der Waals surface area contributed by atoms with E-state index >= 15 is 0 Å². The summed E-state index contributed by atoms with van der Waals surface area (Å²) in [6, 6.07) is 8.54. The Labute approximate surface area is 116 Å². The molecule has 0 bridgehead atoms. The lowest BCUT2D eigenvalue weighted by Gasteiger charge is -2.14. The third kappa shape index (κ3) is 2.63. The van der Waals surface area contributed by atoms with E-state index in [1.807, 2.05) is 23.5 Å². The van der Waals surface area contributed by atoms with Crippen LogP contribution in [-0.4, -0.2) is 11.0 Å². The number of nitrogens with one attached hydrogen (secondary N) is 1. The summed E-state index contributed by atoms with van der Waals surface area (Å²) < 4.78 is 5.38. The number of pyridine rings is 1. The second-order valence-corrected chi connectivity index (χ2v) is 6.13. The van der Waals surface area contributed by atoms with Gasteiger partial charge in [-0.15, -0.1) is 11.3 Å². The fourth-order valence-corrected chi connectivity index (χ4v) is 3.21. The van der Waals surface area contributed by atoms with E-state index < -0.39 is 0 Å². The normalized spacial score (nSPS) is 12.7. The molecule has 0 fully saturated rings. The Morgan fingerprint density at radius 3 is 3.00 bits per heavy atom. The molecule has 0 amide bonds. The van der Waals surface area contributed by atoms with Gasteiger partial charge in [0.2, 0.25) is 0 Å². The molecule has 1 atom stereocenters. The predicted molar refractivity (Wildman–Crippen MR) is 79.9 cm³/mol. The van der Waals surface area contributed by atoms with E-state index in [4.69, 9.17) is 4.42 Å². The molecule has 0 saturated carbocycles. The highest BCUT2D eigenvalue weighted by Gasteiger charge is 2.09. The number of rotatable bonds is 4. The van der Waals surface area contributed by atoms with Gasteiger partial charge in [0, 0.05) is 28.4 Å². The summed E-state index contributed by atoms with van der Waals surface area (Å²) in [6.45, 7) is 4.32. The van der Waals surface area contributed by atoms with E-state index in [0.717, 1.165) is 23.2 Å². The number of nitrogens with zero attached hydrogens (tertiary/aromatic N) is 1. The second-order valence-electron chi connectivity index (χ2n) is 4.75. The van der Waals surface area contributed by atoms with Crippen LogP contribution in [-0.2, 0) is 6.42 Å². The number of aromatic nitrogens is 1. The first kappa shape index (κ1) is 12.2. The van der Waals surface area contributed by atoms with Crippen LogP contribution in [0.25, 0.3) is 11.0 Å². The molecule has 19 heavy (non-hydrogen) atoms. The maximum absolute atomic E-state index is 5.38. The summed E-state index contributed by atoms with van der Waals surface area (Å²) in [5.41, 5.74) is 0.872. The Morgan fingerprint density at radius 1 is 1.32 bits per heavy atom. The minimum Gasteiger partial charge on any atom is -0.464 e. The van der Waals surface area contributed by atoms with Crippen LogP contribution in [0.5, 0.6) is 0 Å². The molecule has 0 aromatic carbocycles. The van der Waals surface area contributed by atoms with Gasteiger partial charge in [0.15, 0.2) is 0 Å². The number of hydrogen-bond acceptors (Lipinski definition) is 4. The Kier molecular flexibility index (Phi) is 3.25. The van der Waals surface area contributed by atoms with Crippen molar-refractivity contribution in [1.82, 2.24) is 4.98 Å². The molecule has 1 unspecified atom stereocenters. The van der Waals surface area contributed by atoms with Gasteiger partial charge in [-0.1, -0.05) is 0 Å². The molecule has 0 aliphatic rings. The van der Waals surface area contributed by atoms with Crippen molar-refractivity contribution in [1.29, 1.82) is 0 Å². The summed E-state index contributed by atoms with van der Waals surface area (Å²) in [6.07, 6.45) is 4.48. The van der Waals surface area contributed by atoms with Gasteiger partial charge in [-0.2, -0.15) is 0 Å². The molecule has 4 heteroatoms. The number of fused-ring (bicyclic) bond motifs is 1. The summed E-state index contributed by atoms with van der Waals surface area (Å²) in [5.74, 6) is 0.895. The van der Waals surface area contributed by atoms with E-state index in [1.54, 1.807) is 12.5 Å². The fourth-order valence-electron chi connectivity index (χ4n) is 2.19. The predicted octanol–water partition coefficient (Wildman–Crippen LogP) is 4.24. The molecule has 1 N–H and O–H groups in total. The summed E-state index contributed by atoms with van der Waals surface area (Å²) in [7, 11) is 0. The lowest BCUT2D eigenvalue weighted by molar-refractivity contribution is 0.615. The van der Waals surface area contributed by atoms with E-state index in [0.29, 0.717) is 6.04 Å². The van der Waals surface area contributed by atoms with Crippen LogP contribution < -0.4 is 5.32 Å². The van der Waals surface area contributed by atoms with Crippen molar-refractivity contribution < 1.29 is 4.42 Å². The first-order valence-electron chi connectivity index (χ1n) is 6.36. The minimum absolute atomic E-state index is 0.339. The van der Waals surface area contributed by atoms with Gasteiger partial charge in [-0.3, -0.25) is 0 Å². The van der Waals surface area contributed by atoms with Crippen molar-refractivity contribution >= 4 is 28.1 Å². The highest BCUT2D eigenvalue weighted by Crippen LogP contribution is 2.23. The average molecular weight is 272 g/mol. The van der Waals surface area contributed by atoms with Crippen LogP contribution in [0.3, 0.4) is 0 Å². The first-order chi connectivity index (χ1) is 9.22. The first-order valence-corrected chi connectivity index (χ1v) is 7.18. The standard InChI is InChI=1S/C15H16N2OS/c1-10(9-12-4-3-11(2)19-12)17-15-13-6-8-18-14(13)5-7-16-15/h3-8,10H,9H2,1-2H3,(H,16,17). The summed E-state index contributed by atoms with van der Waals surface area (Å²) in [4.78, 5) is 7.16. The molecule has 0 saturated heterocycles. The maximum atomic E-state index is 5.38. The number of hydrogen-bond donors (Lipinski definition) is 1. The topological polar surface area (TPSA) is 38.1 Å². The van der Waals surface area contributed by atoms with Gasteiger partial charge < -0.3 is 9.73 Å². The zero-order chi connectivity index (χ0) is 13.2. The van der Waals surface area contributed by atoms with Crippen molar-refractivity contribution in [2.75, 3.05) is 5.32 Å². The Morgan fingerprint density at radius 2 is 2.21 bits per heavy atom. The quantitative estimate of drug-likeness (QED) is 0.772.